The molecule has 0 saturated heterocycles. The van der Waals surface area contributed by atoms with Gasteiger partial charge in [-0.2, -0.15) is 0 Å². The van der Waals surface area contributed by atoms with Gasteiger partial charge in [0, 0.05) is 185 Å². The van der Waals surface area contributed by atoms with Gasteiger partial charge < -0.3 is 116 Å². The number of hydrogen-bond donors (Lipinski definition) is 4. The van der Waals surface area contributed by atoms with Gasteiger partial charge in [0.2, 0.25) is 11.4 Å². The summed E-state index contributed by atoms with van der Waals surface area (Å²) in [7, 11) is 8.18. The summed E-state index contributed by atoms with van der Waals surface area (Å²) in [6, 6.07) is 93.1. The van der Waals surface area contributed by atoms with Gasteiger partial charge in [-0.15, -0.1) is 0 Å². The molecule has 0 aliphatic rings. The van der Waals surface area contributed by atoms with Gasteiger partial charge in [0.25, 0.3) is 0 Å². The Balaban J connectivity index is 0.000000141. The van der Waals surface area contributed by atoms with Crippen molar-refractivity contribution in [2.45, 2.75) is 0 Å². The molecule has 0 amide bonds. The number of aromatic amines is 4. The van der Waals surface area contributed by atoms with Gasteiger partial charge in [0.05, 0.1) is 11.4 Å². The first-order valence-corrected chi connectivity index (χ1v) is 40.1. The van der Waals surface area contributed by atoms with Crippen molar-refractivity contribution in [1.82, 2.24) is 39.9 Å². The molecule has 12 nitrogen and oxygen atoms in total. The maximum atomic E-state index is 4.35. The second-order valence-corrected chi connectivity index (χ2v) is 29.7. The van der Waals surface area contributed by atoms with Crippen LogP contribution in [0.3, 0.4) is 0 Å². The van der Waals surface area contributed by atoms with Crippen molar-refractivity contribution in [3.8, 4) is 0 Å². The summed E-state index contributed by atoms with van der Waals surface area (Å²) < 4.78 is 8.32. The molecule has 12 heterocycles. The monoisotopic (exact) mass is 2060 g/mol. The molecule has 16 heteroatoms. The lowest BCUT2D eigenvalue weighted by Crippen LogP contribution is -3.00. The van der Waals surface area contributed by atoms with Crippen molar-refractivity contribution in [2.75, 3.05) is 0 Å². The van der Waals surface area contributed by atoms with Gasteiger partial charge in [-0.1, -0.05) is 121 Å². The van der Waals surface area contributed by atoms with E-state index in [2.05, 4.69) is 379 Å². The smallest absolute Gasteiger partial charge is 0.204 e. The Morgan fingerprint density at radius 1 is 0.202 bits per heavy atom. The van der Waals surface area contributed by atoms with Crippen LogP contribution >= 0.6 is 0 Å². The summed E-state index contributed by atoms with van der Waals surface area (Å²) in [6.45, 7) is 0. The summed E-state index contributed by atoms with van der Waals surface area (Å²) in [4.78, 5) is 30.9. The number of rotatable bonds is 16. The molecule has 4 N–H and O–H groups in total. The minimum atomic E-state index is 0. The summed E-state index contributed by atoms with van der Waals surface area (Å²) >= 11 is 0. The number of benzene rings is 8. The van der Waals surface area contributed by atoms with E-state index in [-0.39, 0.29) is 95.9 Å². The molecule has 12 aromatic heterocycles. The standard InChI is InChI=1S/2C28H24N3.2C26H19N3.4HI/c1-30-15-11-21(12-16-30)3-5-23-7-9-27-25(19-23)26-20-24(8-10-28(26)29-27)6-4-22-13-17-31(2)18-14-22;1-30-17-5-3-7-23(30)13-9-21-11-15-27-25(19-21)26-20-22(12-16-28(26)29-27)10-14-24-8-4-6-18-31(24)2;1(19-9-13-27-14-10-19)3-21-5-7-25-23(17-21)24-18-22(6-8-26(24)29-25)4-2-20-11-15-28-16-12-20;1-3-15-27-21(5-1)11-7-19-9-13-25-23(17-19)24-18-20(10-14-26(24)29-25)8-12-22-6-2-4-16-28-22;;;;/h2*3-20H,1-2H3;2*1-18,29H;4*1H/q2*+1;;;;;;/p-2/b;;3-1+,4-2+;11-7+,12-8+;;;;. The largest absolute Gasteiger partial charge is 1.00 e. The molecule has 0 aliphatic heterocycles. The van der Waals surface area contributed by atoms with Crippen LogP contribution in [0.2, 0.25) is 0 Å². The first-order valence-electron chi connectivity index (χ1n) is 40.1. The van der Waals surface area contributed by atoms with Crippen molar-refractivity contribution in [3.05, 3.63) is 431 Å². The van der Waals surface area contributed by atoms with E-state index in [0.717, 1.165) is 77.8 Å². The number of halogens is 4. The average Bonchev–Trinajstić information content (AvgIpc) is 1.65. The van der Waals surface area contributed by atoms with Gasteiger partial charge in [0.15, 0.2) is 37.2 Å². The molecular weight excluding hydrogens is 1970 g/mol. The fourth-order valence-corrected chi connectivity index (χ4v) is 14.6. The molecule has 0 fully saturated rings. The van der Waals surface area contributed by atoms with E-state index in [1.807, 2.05) is 145 Å². The Bertz CT molecular complexity index is 6670. The third-order valence-corrected chi connectivity index (χ3v) is 21.2. The maximum Gasteiger partial charge on any atom is 0.204 e. The fraction of sp³-hybridized carbons (Fsp3) is 0.0370. The van der Waals surface area contributed by atoms with E-state index < -0.39 is 0 Å². The van der Waals surface area contributed by atoms with Crippen LogP contribution in [-0.2, 0) is 28.2 Å². The normalized spacial score (nSPS) is 11.5. The SMILES string of the molecule is C(=C\c1ccc2[nH]c3ccc(/C=C/c4ccncc4)cc3c2c1)/c1ccncc1.C(=C\c1ccccn1)/c1ccc2[nH]c3ccc(/C=C/c4ccccn4)cc3c2c1.C[n+]1ccc(/C=C/c2ccc3[nH]c4ccc(/C=C/c5cc[n+](C)cc5)cc4c3c2)cc1.C[n+]1ccccc1/C=C/c1ccc2[nH]c3ccc(/C=C/c4cccc[n+]4C)cc3c2c1.[I-].[I-].[I-].[I-]. The summed E-state index contributed by atoms with van der Waals surface area (Å²) in [5, 5.41) is 9.89. The molecule has 20 rings (SSSR count). The number of pyridine rings is 8. The summed E-state index contributed by atoms with van der Waals surface area (Å²) in [6.07, 6.45) is 57.3. The number of nitrogens with zero attached hydrogens (tertiary/aromatic N) is 8. The van der Waals surface area contributed by atoms with Crippen molar-refractivity contribution in [1.29, 1.82) is 0 Å². The van der Waals surface area contributed by atoms with Crippen LogP contribution in [0, 0.1) is 0 Å². The summed E-state index contributed by atoms with van der Waals surface area (Å²) in [5.41, 5.74) is 27.6. The molecule has 0 aliphatic carbocycles. The predicted octanol–water partition coefficient (Wildman–Crippen LogP) is 11.5. The van der Waals surface area contributed by atoms with Crippen LogP contribution in [0.25, 0.3) is 184 Å². The number of aryl methyl sites for hydroxylation is 4. The minimum absolute atomic E-state index is 0. The van der Waals surface area contributed by atoms with E-state index in [9.17, 15) is 0 Å². The third kappa shape index (κ3) is 22.6. The van der Waals surface area contributed by atoms with Crippen molar-refractivity contribution in [2.24, 2.45) is 28.2 Å². The number of hydrogen-bond acceptors (Lipinski definition) is 4. The van der Waals surface area contributed by atoms with Crippen molar-refractivity contribution >= 4 is 184 Å². The highest BCUT2D eigenvalue weighted by molar-refractivity contribution is 6.12. The molecule has 0 unspecified atom stereocenters. The lowest BCUT2D eigenvalue weighted by molar-refractivity contribution is -0.673. The zero-order valence-electron chi connectivity index (χ0n) is 68.7. The molecular formula is C108H88I4N12. The van der Waals surface area contributed by atoms with Crippen LogP contribution in [0.15, 0.2) is 341 Å². The van der Waals surface area contributed by atoms with Gasteiger partial charge in [-0.3, -0.25) is 19.9 Å². The van der Waals surface area contributed by atoms with E-state index in [4.69, 9.17) is 0 Å². The van der Waals surface area contributed by atoms with E-state index in [0.29, 0.717) is 0 Å². The first-order chi connectivity index (χ1) is 59.0. The van der Waals surface area contributed by atoms with E-state index in [1.54, 1.807) is 0 Å². The Hall–Kier alpha value is -13.0. The lowest BCUT2D eigenvalue weighted by Gasteiger charge is -1.98. The minimum Gasteiger partial charge on any atom is -1.00 e. The van der Waals surface area contributed by atoms with Crippen LogP contribution in [0.4, 0.5) is 0 Å². The molecule has 8 aromatic carbocycles. The van der Waals surface area contributed by atoms with Crippen LogP contribution in [-0.4, -0.2) is 39.9 Å². The Kier molecular flexibility index (Phi) is 30.6. The molecule has 0 bridgehead atoms. The topological polar surface area (TPSA) is 130 Å². The molecule has 0 saturated carbocycles. The van der Waals surface area contributed by atoms with Gasteiger partial charge in [-0.25, -0.2) is 18.3 Å². The highest BCUT2D eigenvalue weighted by atomic mass is 127. The Labute approximate surface area is 789 Å². The zero-order chi connectivity index (χ0) is 81.4. The Morgan fingerprint density at radius 3 is 0.669 bits per heavy atom. The second kappa shape index (κ2) is 42.7. The van der Waals surface area contributed by atoms with Gasteiger partial charge >= 0.3 is 0 Å². The molecule has 608 valence electrons. The Morgan fingerprint density at radius 2 is 0.427 bits per heavy atom. The number of fused-ring (bicyclic) bond motifs is 12. The lowest BCUT2D eigenvalue weighted by atomic mass is 10.1. The fourth-order valence-electron chi connectivity index (χ4n) is 14.6. The van der Waals surface area contributed by atoms with Crippen LogP contribution < -0.4 is 114 Å². The molecule has 0 radical (unpaired) electrons. The van der Waals surface area contributed by atoms with Crippen molar-refractivity contribution < 1.29 is 114 Å². The van der Waals surface area contributed by atoms with Crippen LogP contribution in [0.1, 0.15) is 89.5 Å². The number of nitrogens with one attached hydrogen (secondary N) is 4. The molecule has 0 spiro atoms. The number of H-pyrrole nitrogens is 4. The second-order valence-electron chi connectivity index (χ2n) is 29.7. The first kappa shape index (κ1) is 88.8. The van der Waals surface area contributed by atoms with E-state index >= 15 is 0 Å². The third-order valence-electron chi connectivity index (χ3n) is 21.2. The average molecular weight is 2060 g/mol. The molecule has 0 atom stereocenters. The van der Waals surface area contributed by atoms with E-state index in [1.165, 1.54) is 99.0 Å². The summed E-state index contributed by atoms with van der Waals surface area (Å²) in [5.74, 6) is 0. The molecule has 20 aromatic rings. The maximum absolute atomic E-state index is 4.35. The highest BCUT2D eigenvalue weighted by Crippen LogP contribution is 2.34. The van der Waals surface area contributed by atoms with Gasteiger partial charge in [0.1, 0.15) is 28.2 Å². The zero-order valence-corrected chi connectivity index (χ0v) is 77.3. The number of aromatic nitrogens is 12. The highest BCUT2D eigenvalue weighted by Gasteiger charge is 2.12. The molecule has 124 heavy (non-hydrogen) atoms. The van der Waals surface area contributed by atoms with Crippen molar-refractivity contribution in [3.63, 3.8) is 0 Å². The quantitative estimate of drug-likeness (QED) is 0.0567. The van der Waals surface area contributed by atoms with Gasteiger partial charge in [-0.05, 0) is 249 Å². The predicted molar refractivity (Wildman–Crippen MR) is 502 cm³/mol. The van der Waals surface area contributed by atoms with Crippen LogP contribution in [0.5, 0.6) is 0 Å².